The van der Waals surface area contributed by atoms with Crippen molar-refractivity contribution < 1.29 is 0 Å². The van der Waals surface area contributed by atoms with Gasteiger partial charge in [0.1, 0.15) is 0 Å². The van der Waals surface area contributed by atoms with E-state index in [1.54, 1.807) is 19.4 Å². The van der Waals surface area contributed by atoms with Crippen LogP contribution in [0.4, 0.5) is 0 Å². The Morgan fingerprint density at radius 1 is 1.11 bits per heavy atom. The highest BCUT2D eigenvalue weighted by Crippen LogP contribution is 2.16. The predicted octanol–water partition coefficient (Wildman–Crippen LogP) is 0.859. The molecule has 19 heavy (non-hydrogen) atoms. The molecule has 5 nitrogen and oxygen atoms in total. The van der Waals surface area contributed by atoms with Crippen molar-refractivity contribution in [1.82, 2.24) is 14.5 Å². The fourth-order valence-corrected chi connectivity index (χ4v) is 2.64. The molecule has 106 valence electrons. The van der Waals surface area contributed by atoms with Gasteiger partial charge < -0.3 is 14.5 Å². The first-order valence-electron chi connectivity index (χ1n) is 7.18. The lowest BCUT2D eigenvalue weighted by atomic mass is 10.1. The van der Waals surface area contributed by atoms with Crippen LogP contribution in [0.15, 0.2) is 22.0 Å². The van der Waals surface area contributed by atoms with Crippen LogP contribution in [0.25, 0.3) is 0 Å². The number of aromatic nitrogens is 2. The fourth-order valence-electron chi connectivity index (χ4n) is 2.64. The van der Waals surface area contributed by atoms with E-state index in [1.165, 1.54) is 47.7 Å². The van der Waals surface area contributed by atoms with E-state index in [0.29, 0.717) is 12.6 Å². The number of rotatable bonds is 4. The maximum atomic E-state index is 11.7. The smallest absolute Gasteiger partial charge is 0.312 e. The lowest BCUT2D eigenvalue weighted by Gasteiger charge is -2.16. The monoisotopic (exact) mass is 265 g/mol. The quantitative estimate of drug-likeness (QED) is 0.649. The summed E-state index contributed by atoms with van der Waals surface area (Å²) in [5, 5.41) is 3.50. The Labute approximate surface area is 113 Å². The zero-order chi connectivity index (χ0) is 13.7. The molecular weight excluding hydrogens is 242 g/mol. The second-order valence-electron chi connectivity index (χ2n) is 5.36. The molecule has 0 spiro atoms. The van der Waals surface area contributed by atoms with Crippen molar-refractivity contribution in [2.45, 2.75) is 51.1 Å². The average molecular weight is 265 g/mol. The Balaban J connectivity index is 1.87. The van der Waals surface area contributed by atoms with Gasteiger partial charge in [0.05, 0.1) is 0 Å². The van der Waals surface area contributed by atoms with E-state index in [0.717, 1.165) is 6.54 Å². The summed E-state index contributed by atoms with van der Waals surface area (Å²) in [6.07, 6.45) is 11.0. The van der Waals surface area contributed by atoms with Gasteiger partial charge in [-0.25, -0.2) is 0 Å². The summed E-state index contributed by atoms with van der Waals surface area (Å²) >= 11 is 0. The standard InChI is InChI=1S/C14H23N3O2/c1-16-10-11-17(14(19)13(16)18)9-8-15-12-6-4-2-3-5-7-12/h10-12,15H,2-9H2,1H3. The zero-order valence-electron chi connectivity index (χ0n) is 11.6. The van der Waals surface area contributed by atoms with Crippen LogP contribution in [-0.2, 0) is 13.6 Å². The molecule has 0 unspecified atom stereocenters. The van der Waals surface area contributed by atoms with Crippen molar-refractivity contribution in [1.29, 1.82) is 0 Å². The minimum atomic E-state index is -0.461. The Kier molecular flexibility index (Phi) is 4.96. The summed E-state index contributed by atoms with van der Waals surface area (Å²) in [4.78, 5) is 23.2. The third kappa shape index (κ3) is 3.80. The van der Waals surface area contributed by atoms with Gasteiger partial charge in [0.2, 0.25) is 0 Å². The minimum absolute atomic E-state index is 0.437. The first kappa shape index (κ1) is 14.1. The Morgan fingerprint density at radius 3 is 2.47 bits per heavy atom. The molecular formula is C14H23N3O2. The van der Waals surface area contributed by atoms with E-state index >= 15 is 0 Å². The Bertz CT molecular complexity index is 510. The summed E-state index contributed by atoms with van der Waals surface area (Å²) in [6.45, 7) is 1.31. The largest absolute Gasteiger partial charge is 0.316 e. The Morgan fingerprint density at radius 2 is 1.79 bits per heavy atom. The van der Waals surface area contributed by atoms with Gasteiger partial charge in [-0.1, -0.05) is 25.7 Å². The Hall–Kier alpha value is -1.36. The van der Waals surface area contributed by atoms with Gasteiger partial charge in [-0.05, 0) is 12.8 Å². The second-order valence-corrected chi connectivity index (χ2v) is 5.36. The molecule has 0 amide bonds. The topological polar surface area (TPSA) is 56.0 Å². The number of nitrogens with one attached hydrogen (secondary N) is 1. The van der Waals surface area contributed by atoms with Crippen molar-refractivity contribution in [2.24, 2.45) is 7.05 Å². The van der Waals surface area contributed by atoms with Gasteiger partial charge in [-0.2, -0.15) is 0 Å². The van der Waals surface area contributed by atoms with Gasteiger partial charge in [0.25, 0.3) is 0 Å². The number of nitrogens with zero attached hydrogens (tertiary/aromatic N) is 2. The van der Waals surface area contributed by atoms with Gasteiger partial charge >= 0.3 is 11.1 Å². The molecule has 0 atom stereocenters. The molecule has 5 heteroatoms. The van der Waals surface area contributed by atoms with Crippen LogP contribution in [0.2, 0.25) is 0 Å². The highest BCUT2D eigenvalue weighted by molar-refractivity contribution is 4.85. The van der Waals surface area contributed by atoms with E-state index in [9.17, 15) is 9.59 Å². The summed E-state index contributed by atoms with van der Waals surface area (Å²) in [7, 11) is 1.60. The molecule has 0 radical (unpaired) electrons. The zero-order valence-corrected chi connectivity index (χ0v) is 11.6. The van der Waals surface area contributed by atoms with E-state index < -0.39 is 11.1 Å². The van der Waals surface area contributed by atoms with Crippen molar-refractivity contribution in [3.63, 3.8) is 0 Å². The van der Waals surface area contributed by atoms with Gasteiger partial charge in [0, 0.05) is 38.6 Å². The van der Waals surface area contributed by atoms with Crippen molar-refractivity contribution in [3.8, 4) is 0 Å². The highest BCUT2D eigenvalue weighted by Gasteiger charge is 2.11. The van der Waals surface area contributed by atoms with Crippen LogP contribution < -0.4 is 16.4 Å². The van der Waals surface area contributed by atoms with Gasteiger partial charge in [-0.3, -0.25) is 9.59 Å². The van der Waals surface area contributed by atoms with Crippen molar-refractivity contribution in [2.75, 3.05) is 6.54 Å². The fraction of sp³-hybridized carbons (Fsp3) is 0.714. The molecule has 1 heterocycles. The third-order valence-corrected chi connectivity index (χ3v) is 3.88. The summed E-state index contributed by atoms with van der Waals surface area (Å²) in [5.41, 5.74) is -0.898. The SMILES string of the molecule is Cn1ccn(CCNC2CCCCCC2)c(=O)c1=O. The van der Waals surface area contributed by atoms with Crippen molar-refractivity contribution >= 4 is 0 Å². The molecule has 2 rings (SSSR count). The summed E-state index contributed by atoms with van der Waals surface area (Å²) in [5.74, 6) is 0. The summed E-state index contributed by atoms with van der Waals surface area (Å²) < 4.78 is 2.81. The molecule has 1 aromatic rings. The molecule has 1 aliphatic carbocycles. The van der Waals surface area contributed by atoms with Gasteiger partial charge in [0.15, 0.2) is 0 Å². The maximum absolute atomic E-state index is 11.7. The van der Waals surface area contributed by atoms with Crippen LogP contribution >= 0.6 is 0 Å². The van der Waals surface area contributed by atoms with E-state index in [4.69, 9.17) is 0 Å². The molecule has 1 aromatic heterocycles. The molecule has 0 aromatic carbocycles. The molecule has 1 N–H and O–H groups in total. The molecule has 0 bridgehead atoms. The van der Waals surface area contributed by atoms with Crippen LogP contribution in [0.1, 0.15) is 38.5 Å². The molecule has 1 aliphatic rings. The minimum Gasteiger partial charge on any atom is -0.312 e. The molecule has 0 aliphatic heterocycles. The van der Waals surface area contributed by atoms with Crippen LogP contribution in [0.5, 0.6) is 0 Å². The van der Waals surface area contributed by atoms with E-state index in [-0.39, 0.29) is 0 Å². The first-order valence-corrected chi connectivity index (χ1v) is 7.18. The average Bonchev–Trinajstić information content (AvgIpc) is 2.67. The van der Waals surface area contributed by atoms with Crippen LogP contribution in [0.3, 0.4) is 0 Å². The molecule has 0 saturated heterocycles. The lowest BCUT2D eigenvalue weighted by molar-refractivity contribution is 0.441. The van der Waals surface area contributed by atoms with Crippen LogP contribution in [-0.4, -0.2) is 21.7 Å². The second kappa shape index (κ2) is 6.70. The number of hydrogen-bond acceptors (Lipinski definition) is 3. The van der Waals surface area contributed by atoms with E-state index in [1.807, 2.05) is 0 Å². The van der Waals surface area contributed by atoms with Crippen LogP contribution in [0, 0.1) is 0 Å². The number of hydrogen-bond donors (Lipinski definition) is 1. The maximum Gasteiger partial charge on any atom is 0.316 e. The van der Waals surface area contributed by atoms with Crippen molar-refractivity contribution in [3.05, 3.63) is 33.1 Å². The molecule has 1 fully saturated rings. The van der Waals surface area contributed by atoms with Gasteiger partial charge in [-0.15, -0.1) is 0 Å². The molecule has 1 saturated carbocycles. The highest BCUT2D eigenvalue weighted by atomic mass is 16.2. The first-order chi connectivity index (χ1) is 9.18. The third-order valence-electron chi connectivity index (χ3n) is 3.88. The number of aryl methyl sites for hydroxylation is 1. The summed E-state index contributed by atoms with van der Waals surface area (Å²) in [6, 6.07) is 0.574. The predicted molar refractivity (Wildman–Crippen MR) is 75.4 cm³/mol. The van der Waals surface area contributed by atoms with E-state index in [2.05, 4.69) is 5.32 Å². The normalized spacial score (nSPS) is 17.3. The lowest BCUT2D eigenvalue weighted by Crippen LogP contribution is -2.41.